The van der Waals surface area contributed by atoms with Crippen molar-refractivity contribution in [3.8, 4) is 17.2 Å². The molecule has 0 fully saturated rings. The third-order valence-corrected chi connectivity index (χ3v) is 7.71. The first kappa shape index (κ1) is 27.9. The molecule has 3 aromatic carbocycles. The summed E-state index contributed by atoms with van der Waals surface area (Å²) in [5.74, 6) is 1.32. The molecule has 0 saturated carbocycles. The maximum absolute atomic E-state index is 14.0. The van der Waals surface area contributed by atoms with Gasteiger partial charge in [0.15, 0.2) is 0 Å². The van der Waals surface area contributed by atoms with Crippen LogP contribution in [0.2, 0.25) is 0 Å². The largest absolute Gasteiger partial charge is 0.497 e. The van der Waals surface area contributed by atoms with E-state index in [-0.39, 0.29) is 11.5 Å². The molecule has 1 heterocycles. The van der Waals surface area contributed by atoms with E-state index in [1.165, 1.54) is 0 Å². The highest BCUT2D eigenvalue weighted by atomic mass is 79.9. The van der Waals surface area contributed by atoms with Crippen molar-refractivity contribution in [1.82, 2.24) is 14.5 Å². The second-order valence-electron chi connectivity index (χ2n) is 8.83. The van der Waals surface area contributed by atoms with Crippen LogP contribution in [0.15, 0.2) is 74.4 Å². The first-order valence-corrected chi connectivity index (χ1v) is 13.9. The van der Waals surface area contributed by atoms with Crippen molar-refractivity contribution in [2.24, 2.45) is 0 Å². The molecule has 0 aliphatic heterocycles. The van der Waals surface area contributed by atoms with Crippen LogP contribution in [0, 0.1) is 0 Å². The van der Waals surface area contributed by atoms with Crippen molar-refractivity contribution in [2.45, 2.75) is 32.7 Å². The third-order valence-electron chi connectivity index (χ3n) is 6.42. The van der Waals surface area contributed by atoms with Gasteiger partial charge in [0.1, 0.15) is 17.3 Å². The maximum atomic E-state index is 14.0. The molecule has 1 aromatic heterocycles. The van der Waals surface area contributed by atoms with Crippen LogP contribution < -0.4 is 15.0 Å². The lowest BCUT2D eigenvalue weighted by Gasteiger charge is -2.31. The number of para-hydroxylation sites is 1. The molecule has 1 amide bonds. The zero-order chi connectivity index (χ0) is 27.4. The fraction of sp³-hybridized carbons (Fsp3) is 0.276. The number of benzene rings is 3. The van der Waals surface area contributed by atoms with Crippen LogP contribution >= 0.6 is 31.9 Å². The number of ether oxygens (including phenoxy) is 2. The number of hydrogen-bond donors (Lipinski definition) is 0. The van der Waals surface area contributed by atoms with Crippen molar-refractivity contribution in [1.29, 1.82) is 0 Å². The first-order chi connectivity index (χ1) is 18.3. The molecule has 38 heavy (non-hydrogen) atoms. The summed E-state index contributed by atoms with van der Waals surface area (Å²) in [4.78, 5) is 34.6. The van der Waals surface area contributed by atoms with Crippen LogP contribution in [0.3, 0.4) is 0 Å². The van der Waals surface area contributed by atoms with E-state index in [1.807, 2.05) is 37.3 Å². The molecule has 0 N–H and O–H groups in total. The van der Waals surface area contributed by atoms with Gasteiger partial charge in [-0.25, -0.2) is 4.98 Å². The van der Waals surface area contributed by atoms with Crippen molar-refractivity contribution in [3.63, 3.8) is 0 Å². The fourth-order valence-corrected chi connectivity index (χ4v) is 5.34. The van der Waals surface area contributed by atoms with Crippen molar-refractivity contribution in [3.05, 3.63) is 91.4 Å². The van der Waals surface area contributed by atoms with Gasteiger partial charge >= 0.3 is 0 Å². The summed E-state index contributed by atoms with van der Waals surface area (Å²) < 4.78 is 14.0. The molecular formula is C29H29Br2N3O4. The molecule has 0 aliphatic carbocycles. The van der Waals surface area contributed by atoms with Gasteiger partial charge in [-0.05, 0) is 59.6 Å². The van der Waals surface area contributed by atoms with E-state index in [4.69, 9.17) is 14.5 Å². The van der Waals surface area contributed by atoms with E-state index < -0.39 is 6.04 Å². The molecule has 1 atom stereocenters. The lowest BCUT2D eigenvalue weighted by Crippen LogP contribution is -2.38. The second-order valence-corrected chi connectivity index (χ2v) is 10.5. The van der Waals surface area contributed by atoms with E-state index in [0.29, 0.717) is 50.5 Å². The summed E-state index contributed by atoms with van der Waals surface area (Å²) >= 11 is 7.09. The number of amides is 1. The molecule has 0 spiro atoms. The van der Waals surface area contributed by atoms with Gasteiger partial charge < -0.3 is 14.4 Å². The van der Waals surface area contributed by atoms with Crippen LogP contribution in [0.1, 0.15) is 48.9 Å². The fourth-order valence-electron chi connectivity index (χ4n) is 4.38. The molecule has 0 radical (unpaired) electrons. The highest BCUT2D eigenvalue weighted by Gasteiger charge is 2.28. The molecule has 9 heteroatoms. The van der Waals surface area contributed by atoms with E-state index in [0.717, 1.165) is 17.3 Å². The molecular weight excluding hydrogens is 614 g/mol. The number of methoxy groups -OCH3 is 2. The van der Waals surface area contributed by atoms with Crippen LogP contribution in [-0.4, -0.2) is 41.1 Å². The molecule has 4 rings (SSSR count). The Morgan fingerprint density at radius 2 is 1.82 bits per heavy atom. The SMILES string of the molecule is CCCCN(C(=O)c1cccc(Br)c1)C(C)c1nc2ccccc2c(=O)n1-c1cc(OC)cc(OC)c1Br. The van der Waals surface area contributed by atoms with Crippen LogP contribution in [-0.2, 0) is 0 Å². The van der Waals surface area contributed by atoms with Gasteiger partial charge in [0.2, 0.25) is 0 Å². The van der Waals surface area contributed by atoms with Gasteiger partial charge in [0.05, 0.1) is 41.3 Å². The maximum Gasteiger partial charge on any atom is 0.266 e. The summed E-state index contributed by atoms with van der Waals surface area (Å²) in [5, 5.41) is 0.468. The highest BCUT2D eigenvalue weighted by molar-refractivity contribution is 9.11. The molecule has 0 bridgehead atoms. The Bertz CT molecular complexity index is 1540. The number of aromatic nitrogens is 2. The lowest BCUT2D eigenvalue weighted by atomic mass is 10.1. The van der Waals surface area contributed by atoms with Crippen LogP contribution in [0.4, 0.5) is 0 Å². The molecule has 7 nitrogen and oxygen atoms in total. The number of carbonyl (C=O) groups excluding carboxylic acids is 1. The second kappa shape index (κ2) is 12.1. The molecule has 0 saturated heterocycles. The topological polar surface area (TPSA) is 73.7 Å². The summed E-state index contributed by atoms with van der Waals surface area (Å²) in [7, 11) is 3.11. The summed E-state index contributed by atoms with van der Waals surface area (Å²) in [6.45, 7) is 4.49. The van der Waals surface area contributed by atoms with E-state index in [1.54, 1.807) is 54.0 Å². The first-order valence-electron chi connectivity index (χ1n) is 12.3. The quantitative estimate of drug-likeness (QED) is 0.198. The number of hydrogen-bond acceptors (Lipinski definition) is 5. The Hall–Kier alpha value is -3.17. The van der Waals surface area contributed by atoms with Crippen LogP contribution in [0.25, 0.3) is 16.6 Å². The summed E-state index contributed by atoms with van der Waals surface area (Å²) in [6, 6.07) is 17.5. The van der Waals surface area contributed by atoms with Gasteiger partial charge in [0.25, 0.3) is 11.5 Å². The van der Waals surface area contributed by atoms with Crippen molar-refractivity contribution in [2.75, 3.05) is 20.8 Å². The lowest BCUT2D eigenvalue weighted by molar-refractivity contribution is 0.0678. The number of nitrogens with zero attached hydrogens (tertiary/aromatic N) is 3. The summed E-state index contributed by atoms with van der Waals surface area (Å²) in [6.07, 6.45) is 1.71. The molecule has 4 aromatic rings. The average molecular weight is 643 g/mol. The standard InChI is InChI=1S/C29H29Br2N3O4/c1-5-6-14-33(28(35)19-10-9-11-20(30)15-19)18(2)27-32-23-13-8-7-12-22(23)29(36)34(27)24-16-21(37-3)17-25(38-4)26(24)31/h7-13,15-18H,5-6,14H2,1-4H3. The number of rotatable bonds is 9. The Morgan fingerprint density at radius 1 is 1.05 bits per heavy atom. The van der Waals surface area contributed by atoms with E-state index in [9.17, 15) is 9.59 Å². The number of carbonyl (C=O) groups is 1. The third kappa shape index (κ3) is 5.49. The number of halogens is 2. The minimum atomic E-state index is -0.533. The predicted octanol–water partition coefficient (Wildman–Crippen LogP) is 6.93. The molecule has 1 unspecified atom stereocenters. The van der Waals surface area contributed by atoms with Crippen molar-refractivity contribution < 1.29 is 14.3 Å². The smallest absolute Gasteiger partial charge is 0.266 e. The van der Waals surface area contributed by atoms with Gasteiger partial charge in [-0.15, -0.1) is 0 Å². The molecule has 198 valence electrons. The Kier molecular flexibility index (Phi) is 8.89. The minimum Gasteiger partial charge on any atom is -0.497 e. The normalized spacial score (nSPS) is 11.8. The zero-order valence-corrected chi connectivity index (χ0v) is 24.9. The monoisotopic (exact) mass is 641 g/mol. The highest BCUT2D eigenvalue weighted by Crippen LogP contribution is 2.37. The zero-order valence-electron chi connectivity index (χ0n) is 21.7. The van der Waals surface area contributed by atoms with Gasteiger partial charge in [-0.2, -0.15) is 0 Å². The Balaban J connectivity index is 1.98. The average Bonchev–Trinajstić information content (AvgIpc) is 2.93. The Labute approximate surface area is 238 Å². The van der Waals surface area contributed by atoms with Gasteiger partial charge in [-0.1, -0.05) is 47.5 Å². The minimum absolute atomic E-state index is 0.136. The summed E-state index contributed by atoms with van der Waals surface area (Å²) in [5.41, 5.74) is 1.38. The van der Waals surface area contributed by atoms with Gasteiger partial charge in [-0.3, -0.25) is 14.2 Å². The number of unbranched alkanes of at least 4 members (excludes halogenated alkanes) is 1. The van der Waals surface area contributed by atoms with Crippen molar-refractivity contribution >= 4 is 48.7 Å². The van der Waals surface area contributed by atoms with Crippen LogP contribution in [0.5, 0.6) is 11.5 Å². The van der Waals surface area contributed by atoms with Gasteiger partial charge in [0, 0.05) is 28.7 Å². The van der Waals surface area contributed by atoms with E-state index in [2.05, 4.69) is 38.8 Å². The number of fused-ring (bicyclic) bond motifs is 1. The Morgan fingerprint density at radius 3 is 2.50 bits per heavy atom. The predicted molar refractivity (Wildman–Crippen MR) is 157 cm³/mol. The molecule has 0 aliphatic rings. The van der Waals surface area contributed by atoms with E-state index >= 15 is 0 Å².